The summed E-state index contributed by atoms with van der Waals surface area (Å²) in [4.78, 5) is 17.1. The van der Waals surface area contributed by atoms with Crippen LogP contribution in [0.25, 0.3) is 10.2 Å². The Balaban J connectivity index is 1.61. The van der Waals surface area contributed by atoms with Gasteiger partial charge in [-0.3, -0.25) is 4.79 Å². The monoisotopic (exact) mass is 479 g/mol. The van der Waals surface area contributed by atoms with Crippen LogP contribution in [0.4, 0.5) is 13.2 Å². The Morgan fingerprint density at radius 1 is 1.12 bits per heavy atom. The third-order valence-corrected chi connectivity index (χ3v) is 8.21. The van der Waals surface area contributed by atoms with Gasteiger partial charge in [0, 0.05) is 18.7 Å². The third-order valence-electron chi connectivity index (χ3n) is 5.21. The van der Waals surface area contributed by atoms with E-state index < -0.39 is 33.5 Å². The number of alkyl halides is 3. The highest BCUT2D eigenvalue weighted by atomic mass is 32.2. The van der Waals surface area contributed by atoms with Gasteiger partial charge in [0.15, 0.2) is 11.7 Å². The first-order valence-corrected chi connectivity index (χ1v) is 11.9. The second-order valence-corrected chi connectivity index (χ2v) is 10.3. The lowest BCUT2D eigenvalue weighted by atomic mass is 9.99. The van der Waals surface area contributed by atoms with Gasteiger partial charge in [-0.15, -0.1) is 11.3 Å². The van der Waals surface area contributed by atoms with E-state index in [-0.39, 0.29) is 25.7 Å². The molecule has 1 fully saturated rings. The molecular weight excluding hydrogens is 463 g/mol. The minimum atomic E-state index is -4.51. The average molecular weight is 480 g/mol. The van der Waals surface area contributed by atoms with E-state index >= 15 is 0 Å². The number of carbonyl (C=O) groups excluding carboxylic acids is 1. The summed E-state index contributed by atoms with van der Waals surface area (Å²) in [6.07, 6.45) is -2.92. The Hall–Kier alpha value is -2.81. The van der Waals surface area contributed by atoms with Gasteiger partial charge in [-0.05, 0) is 43.2 Å². The van der Waals surface area contributed by atoms with E-state index in [2.05, 4.69) is 4.98 Å². The molecule has 0 amide bonds. The minimum Gasteiger partial charge on any atom is -0.292 e. The zero-order valence-corrected chi connectivity index (χ0v) is 18.1. The Morgan fingerprint density at radius 2 is 1.78 bits per heavy atom. The lowest BCUT2D eigenvalue weighted by molar-refractivity contribution is -0.137. The second kappa shape index (κ2) is 8.27. The summed E-state index contributed by atoms with van der Waals surface area (Å²) in [7, 11) is -3.64. The maximum Gasteiger partial charge on any atom is 0.416 e. The van der Waals surface area contributed by atoms with Crippen LogP contribution in [-0.2, 0) is 16.2 Å². The predicted octanol–water partition coefficient (Wildman–Crippen LogP) is 4.59. The van der Waals surface area contributed by atoms with Crippen molar-refractivity contribution in [1.82, 2.24) is 9.29 Å². The Kier molecular flexibility index (Phi) is 5.79. The predicted molar refractivity (Wildman–Crippen MR) is 112 cm³/mol. The molecule has 2 aromatic carbocycles. The first-order valence-electron chi connectivity index (χ1n) is 9.63. The van der Waals surface area contributed by atoms with Crippen LogP contribution < -0.4 is 0 Å². The number of ketones is 1. The number of aromatic nitrogens is 1. The van der Waals surface area contributed by atoms with Crippen molar-refractivity contribution in [3.8, 4) is 6.07 Å². The molecule has 0 saturated carbocycles. The first kappa shape index (κ1) is 22.4. The molecule has 2 heterocycles. The van der Waals surface area contributed by atoms with E-state index in [9.17, 15) is 31.6 Å². The van der Waals surface area contributed by atoms with Crippen molar-refractivity contribution in [2.75, 3.05) is 13.1 Å². The SMILES string of the molecule is N#C[C@@H](C(=O)c1ccc(S(=O)(=O)N2CCCC2)cc1)c1nc2ccc(C(F)(F)F)cc2s1. The molecule has 0 aliphatic carbocycles. The molecular formula is C21H16F3N3O3S2. The van der Waals surface area contributed by atoms with Crippen LogP contribution in [0.5, 0.6) is 0 Å². The van der Waals surface area contributed by atoms with E-state index in [0.717, 1.165) is 36.3 Å². The maximum absolute atomic E-state index is 12.9. The molecule has 32 heavy (non-hydrogen) atoms. The molecule has 4 rings (SSSR count). The number of benzene rings is 2. The Labute approximate surface area is 186 Å². The van der Waals surface area contributed by atoms with Gasteiger partial charge in [0.1, 0.15) is 5.01 Å². The quantitative estimate of drug-likeness (QED) is 0.499. The van der Waals surface area contributed by atoms with Crippen molar-refractivity contribution in [2.45, 2.75) is 29.8 Å². The maximum atomic E-state index is 12.9. The van der Waals surface area contributed by atoms with E-state index in [1.54, 1.807) is 0 Å². The van der Waals surface area contributed by atoms with Crippen LogP contribution >= 0.6 is 11.3 Å². The molecule has 1 saturated heterocycles. The molecule has 1 aliphatic heterocycles. The number of nitriles is 1. The molecule has 0 N–H and O–H groups in total. The number of thiazole rings is 1. The van der Waals surface area contributed by atoms with Gasteiger partial charge in [-0.1, -0.05) is 12.1 Å². The molecule has 6 nitrogen and oxygen atoms in total. The molecule has 0 bridgehead atoms. The summed E-state index contributed by atoms with van der Waals surface area (Å²) in [5.74, 6) is -1.92. The van der Waals surface area contributed by atoms with E-state index in [1.165, 1.54) is 34.6 Å². The summed E-state index contributed by atoms with van der Waals surface area (Å²) in [6.45, 7) is 0.903. The molecule has 3 aromatic rings. The standard InChI is InChI=1S/C21H16F3N3O3S2/c22-21(23,24)14-5-8-17-18(11-14)31-20(26-17)16(12-25)19(28)13-3-6-15(7-4-13)32(29,30)27-9-1-2-10-27/h3-8,11,16H,1-2,9-10H2/t16-/m0/s1. The van der Waals surface area contributed by atoms with E-state index in [0.29, 0.717) is 13.1 Å². The number of nitrogens with zero attached hydrogens (tertiary/aromatic N) is 3. The third kappa shape index (κ3) is 4.13. The zero-order valence-electron chi connectivity index (χ0n) is 16.5. The van der Waals surface area contributed by atoms with Gasteiger partial charge in [-0.2, -0.15) is 22.7 Å². The fourth-order valence-electron chi connectivity index (χ4n) is 3.50. The van der Waals surface area contributed by atoms with Crippen molar-refractivity contribution in [1.29, 1.82) is 5.26 Å². The number of Topliss-reactive ketones (excluding diaryl/α,β-unsaturated/α-hetero) is 1. The smallest absolute Gasteiger partial charge is 0.292 e. The molecule has 166 valence electrons. The molecule has 0 spiro atoms. The fourth-order valence-corrected chi connectivity index (χ4v) is 6.07. The van der Waals surface area contributed by atoms with E-state index in [4.69, 9.17) is 0 Å². The van der Waals surface area contributed by atoms with Crippen LogP contribution in [0.15, 0.2) is 47.4 Å². The molecule has 1 aliphatic rings. The van der Waals surface area contributed by atoms with Gasteiger partial charge < -0.3 is 0 Å². The highest BCUT2D eigenvalue weighted by molar-refractivity contribution is 7.89. The number of carbonyl (C=O) groups is 1. The highest BCUT2D eigenvalue weighted by Crippen LogP contribution is 2.35. The lowest BCUT2D eigenvalue weighted by Gasteiger charge is -2.15. The average Bonchev–Trinajstić information content (AvgIpc) is 3.43. The van der Waals surface area contributed by atoms with Crippen LogP contribution in [-0.4, -0.2) is 36.6 Å². The second-order valence-electron chi connectivity index (χ2n) is 7.29. The number of hydrogen-bond acceptors (Lipinski definition) is 6. The number of sulfonamides is 1. The van der Waals surface area contributed by atoms with Crippen LogP contribution in [0.1, 0.15) is 39.7 Å². The van der Waals surface area contributed by atoms with Crippen molar-refractivity contribution in [3.05, 3.63) is 58.6 Å². The van der Waals surface area contributed by atoms with Crippen LogP contribution in [0.2, 0.25) is 0 Å². The molecule has 1 atom stereocenters. The van der Waals surface area contributed by atoms with Gasteiger partial charge in [0.2, 0.25) is 10.0 Å². The van der Waals surface area contributed by atoms with Crippen LogP contribution in [0.3, 0.4) is 0 Å². The Morgan fingerprint density at radius 3 is 2.38 bits per heavy atom. The normalized spacial score (nSPS) is 16.2. The molecule has 11 heteroatoms. The van der Waals surface area contributed by atoms with Crippen LogP contribution in [0, 0.1) is 11.3 Å². The molecule has 1 aromatic heterocycles. The fraction of sp³-hybridized carbons (Fsp3) is 0.286. The van der Waals surface area contributed by atoms with Crippen molar-refractivity contribution in [2.24, 2.45) is 0 Å². The molecule has 0 unspecified atom stereocenters. The summed E-state index contributed by atoms with van der Waals surface area (Å²) < 4.78 is 65.7. The number of fused-ring (bicyclic) bond motifs is 1. The summed E-state index contributed by atoms with van der Waals surface area (Å²) in [5.41, 5.74) is -0.458. The lowest BCUT2D eigenvalue weighted by Crippen LogP contribution is -2.27. The minimum absolute atomic E-state index is 0.0594. The van der Waals surface area contributed by atoms with Crippen molar-refractivity contribution >= 4 is 37.4 Å². The number of halogens is 3. The topological polar surface area (TPSA) is 91.1 Å². The van der Waals surface area contributed by atoms with Crippen molar-refractivity contribution < 1.29 is 26.4 Å². The first-order chi connectivity index (χ1) is 15.1. The zero-order chi connectivity index (χ0) is 23.1. The largest absolute Gasteiger partial charge is 0.416 e. The highest BCUT2D eigenvalue weighted by Gasteiger charge is 2.32. The molecule has 0 radical (unpaired) electrons. The van der Waals surface area contributed by atoms with Gasteiger partial charge >= 0.3 is 6.18 Å². The Bertz CT molecular complexity index is 1320. The van der Waals surface area contributed by atoms with Gasteiger partial charge in [-0.25, -0.2) is 13.4 Å². The summed E-state index contributed by atoms with van der Waals surface area (Å²) in [5, 5.41) is 9.64. The summed E-state index contributed by atoms with van der Waals surface area (Å²) in [6, 6.07) is 10.2. The summed E-state index contributed by atoms with van der Waals surface area (Å²) >= 11 is 0.850. The van der Waals surface area contributed by atoms with Gasteiger partial charge in [0.25, 0.3) is 0 Å². The van der Waals surface area contributed by atoms with Gasteiger partial charge in [0.05, 0.1) is 26.7 Å². The van der Waals surface area contributed by atoms with Crippen molar-refractivity contribution in [3.63, 3.8) is 0 Å². The number of rotatable bonds is 5. The van der Waals surface area contributed by atoms with E-state index in [1.807, 2.05) is 6.07 Å². The number of hydrogen-bond donors (Lipinski definition) is 0.